The summed E-state index contributed by atoms with van der Waals surface area (Å²) in [6.07, 6.45) is 9.45. The number of nitrogens with zero attached hydrogens (tertiary/aromatic N) is 2. The zero-order valence-corrected chi connectivity index (χ0v) is 11.7. The number of nitrogens with one attached hydrogen (secondary N) is 1. The van der Waals surface area contributed by atoms with Gasteiger partial charge in [-0.25, -0.2) is 4.98 Å². The Labute approximate surface area is 110 Å². The Morgan fingerprint density at radius 2 is 2.00 bits per heavy atom. The van der Waals surface area contributed by atoms with E-state index in [2.05, 4.69) is 31.2 Å². The minimum absolute atomic E-state index is 0.299. The monoisotopic (exact) mass is 299 g/mol. The SMILES string of the molecule is CNc1ncc(Br)c(OC2CCCCCC2)n1. The molecule has 0 bridgehead atoms. The number of hydrogen-bond donors (Lipinski definition) is 1. The van der Waals surface area contributed by atoms with Crippen LogP contribution < -0.4 is 10.1 Å². The number of ether oxygens (including phenoxy) is 1. The molecule has 1 aliphatic carbocycles. The largest absolute Gasteiger partial charge is 0.473 e. The molecule has 1 heterocycles. The van der Waals surface area contributed by atoms with Crippen molar-refractivity contribution >= 4 is 21.9 Å². The molecule has 0 saturated heterocycles. The van der Waals surface area contributed by atoms with E-state index in [0.29, 0.717) is 17.9 Å². The van der Waals surface area contributed by atoms with Gasteiger partial charge in [-0.1, -0.05) is 12.8 Å². The third-order valence-electron chi connectivity index (χ3n) is 3.02. The number of halogens is 1. The number of anilines is 1. The number of rotatable bonds is 3. The standard InChI is InChI=1S/C12H18BrN3O/c1-14-12-15-8-10(13)11(16-12)17-9-6-4-2-3-5-7-9/h8-9H,2-7H2,1H3,(H,14,15,16). The average Bonchev–Trinajstić information content (AvgIpc) is 2.60. The first kappa shape index (κ1) is 12.6. The van der Waals surface area contributed by atoms with Gasteiger partial charge in [-0.05, 0) is 41.6 Å². The maximum absolute atomic E-state index is 5.97. The van der Waals surface area contributed by atoms with E-state index in [9.17, 15) is 0 Å². The topological polar surface area (TPSA) is 47.0 Å². The highest BCUT2D eigenvalue weighted by atomic mass is 79.9. The molecule has 0 amide bonds. The van der Waals surface area contributed by atoms with Crippen LogP contribution >= 0.6 is 15.9 Å². The number of aromatic nitrogens is 2. The molecular formula is C12H18BrN3O. The van der Waals surface area contributed by atoms with Gasteiger partial charge in [0, 0.05) is 7.05 Å². The van der Waals surface area contributed by atoms with Gasteiger partial charge in [0.25, 0.3) is 0 Å². The van der Waals surface area contributed by atoms with Crippen molar-refractivity contribution in [1.29, 1.82) is 0 Å². The van der Waals surface area contributed by atoms with Crippen LogP contribution in [0.2, 0.25) is 0 Å². The minimum atomic E-state index is 0.299. The molecular weight excluding hydrogens is 282 g/mol. The van der Waals surface area contributed by atoms with Crippen LogP contribution in [0.3, 0.4) is 0 Å². The lowest BCUT2D eigenvalue weighted by molar-refractivity contribution is 0.175. The van der Waals surface area contributed by atoms with Crippen molar-refractivity contribution in [2.24, 2.45) is 0 Å². The van der Waals surface area contributed by atoms with E-state index < -0.39 is 0 Å². The van der Waals surface area contributed by atoms with E-state index in [-0.39, 0.29) is 0 Å². The third-order valence-corrected chi connectivity index (χ3v) is 3.56. The molecule has 2 rings (SSSR count). The quantitative estimate of drug-likeness (QED) is 0.869. The molecule has 0 atom stereocenters. The highest BCUT2D eigenvalue weighted by Crippen LogP contribution is 2.27. The molecule has 0 aliphatic heterocycles. The fourth-order valence-electron chi connectivity index (χ4n) is 2.07. The lowest BCUT2D eigenvalue weighted by Crippen LogP contribution is -2.16. The first-order valence-corrected chi connectivity index (χ1v) is 6.96. The van der Waals surface area contributed by atoms with Gasteiger partial charge >= 0.3 is 0 Å². The van der Waals surface area contributed by atoms with Crippen LogP contribution in [0.25, 0.3) is 0 Å². The molecule has 0 aromatic carbocycles. The van der Waals surface area contributed by atoms with Crippen LogP contribution in [0, 0.1) is 0 Å². The maximum Gasteiger partial charge on any atom is 0.233 e. The highest BCUT2D eigenvalue weighted by molar-refractivity contribution is 9.10. The summed E-state index contributed by atoms with van der Waals surface area (Å²) in [5, 5.41) is 2.92. The van der Waals surface area contributed by atoms with Crippen molar-refractivity contribution in [3.8, 4) is 5.88 Å². The Balaban J connectivity index is 2.05. The molecule has 0 radical (unpaired) electrons. The zero-order valence-electron chi connectivity index (χ0n) is 10.1. The summed E-state index contributed by atoms with van der Waals surface area (Å²) < 4.78 is 6.79. The maximum atomic E-state index is 5.97. The lowest BCUT2D eigenvalue weighted by Gasteiger charge is -2.17. The molecule has 1 aromatic rings. The van der Waals surface area contributed by atoms with E-state index in [1.807, 2.05) is 0 Å². The summed E-state index contributed by atoms with van der Waals surface area (Å²) in [5.74, 6) is 1.24. The van der Waals surface area contributed by atoms with Crippen LogP contribution in [0.1, 0.15) is 38.5 Å². The van der Waals surface area contributed by atoms with Crippen LogP contribution in [0.15, 0.2) is 10.7 Å². The molecule has 94 valence electrons. The lowest BCUT2D eigenvalue weighted by atomic mass is 10.1. The Kier molecular flexibility index (Phi) is 4.59. The summed E-state index contributed by atoms with van der Waals surface area (Å²) in [6.45, 7) is 0. The molecule has 1 aromatic heterocycles. The van der Waals surface area contributed by atoms with Crippen molar-refractivity contribution in [3.05, 3.63) is 10.7 Å². The zero-order chi connectivity index (χ0) is 12.1. The molecule has 0 unspecified atom stereocenters. The van der Waals surface area contributed by atoms with E-state index in [4.69, 9.17) is 4.74 Å². The van der Waals surface area contributed by atoms with Gasteiger partial charge in [-0.2, -0.15) is 4.98 Å². The Hall–Kier alpha value is -0.840. The van der Waals surface area contributed by atoms with Crippen LogP contribution in [0.5, 0.6) is 5.88 Å². The third kappa shape index (κ3) is 3.56. The predicted octanol–water partition coefficient (Wildman–Crippen LogP) is 3.38. The van der Waals surface area contributed by atoms with Crippen molar-refractivity contribution in [1.82, 2.24) is 9.97 Å². The average molecular weight is 300 g/mol. The first-order valence-electron chi connectivity index (χ1n) is 6.16. The summed E-state index contributed by atoms with van der Waals surface area (Å²) in [5.41, 5.74) is 0. The second-order valence-electron chi connectivity index (χ2n) is 4.33. The predicted molar refractivity (Wildman–Crippen MR) is 71.4 cm³/mol. The molecule has 5 heteroatoms. The van der Waals surface area contributed by atoms with E-state index in [1.54, 1.807) is 13.2 Å². The van der Waals surface area contributed by atoms with Crippen molar-refractivity contribution < 1.29 is 4.74 Å². The normalized spacial score (nSPS) is 17.5. The first-order chi connectivity index (χ1) is 8.29. The summed E-state index contributed by atoms with van der Waals surface area (Å²) in [4.78, 5) is 8.44. The summed E-state index contributed by atoms with van der Waals surface area (Å²) in [6, 6.07) is 0. The minimum Gasteiger partial charge on any atom is -0.473 e. The molecule has 1 saturated carbocycles. The highest BCUT2D eigenvalue weighted by Gasteiger charge is 2.16. The van der Waals surface area contributed by atoms with Crippen molar-refractivity contribution in [2.45, 2.75) is 44.6 Å². The summed E-state index contributed by atoms with van der Waals surface area (Å²) >= 11 is 3.43. The Morgan fingerprint density at radius 1 is 1.29 bits per heavy atom. The second kappa shape index (κ2) is 6.19. The summed E-state index contributed by atoms with van der Waals surface area (Å²) in [7, 11) is 1.80. The Bertz CT molecular complexity index is 365. The second-order valence-corrected chi connectivity index (χ2v) is 5.18. The molecule has 1 fully saturated rings. The van der Waals surface area contributed by atoms with Gasteiger partial charge in [-0.3, -0.25) is 0 Å². The van der Waals surface area contributed by atoms with Crippen LogP contribution in [-0.2, 0) is 0 Å². The van der Waals surface area contributed by atoms with Gasteiger partial charge in [-0.15, -0.1) is 0 Å². The van der Waals surface area contributed by atoms with Gasteiger partial charge in [0.15, 0.2) is 0 Å². The van der Waals surface area contributed by atoms with E-state index in [0.717, 1.165) is 17.3 Å². The van der Waals surface area contributed by atoms with Crippen molar-refractivity contribution in [3.63, 3.8) is 0 Å². The molecule has 1 aliphatic rings. The van der Waals surface area contributed by atoms with Gasteiger partial charge < -0.3 is 10.1 Å². The van der Waals surface area contributed by atoms with Crippen molar-refractivity contribution in [2.75, 3.05) is 12.4 Å². The fraction of sp³-hybridized carbons (Fsp3) is 0.667. The molecule has 1 N–H and O–H groups in total. The number of hydrogen-bond acceptors (Lipinski definition) is 4. The molecule has 17 heavy (non-hydrogen) atoms. The fourth-order valence-corrected chi connectivity index (χ4v) is 2.36. The van der Waals surface area contributed by atoms with E-state index >= 15 is 0 Å². The van der Waals surface area contributed by atoms with Gasteiger partial charge in [0.1, 0.15) is 6.10 Å². The molecule has 0 spiro atoms. The van der Waals surface area contributed by atoms with Gasteiger partial charge in [0.2, 0.25) is 11.8 Å². The Morgan fingerprint density at radius 3 is 2.65 bits per heavy atom. The van der Waals surface area contributed by atoms with Crippen LogP contribution in [-0.4, -0.2) is 23.1 Å². The smallest absolute Gasteiger partial charge is 0.233 e. The van der Waals surface area contributed by atoms with Gasteiger partial charge in [0.05, 0.1) is 10.7 Å². The molecule has 4 nitrogen and oxygen atoms in total. The van der Waals surface area contributed by atoms with E-state index in [1.165, 1.54) is 25.7 Å². The van der Waals surface area contributed by atoms with Crippen LogP contribution in [0.4, 0.5) is 5.95 Å².